The zero-order valence-electron chi connectivity index (χ0n) is 16.0. The average Bonchev–Trinajstić information content (AvgIpc) is 2.69. The standard InChI is InChI=1S/C21H22F3NO4/c1-2-29-20(27)18-13-25(11-14-7-9-28-10-8-14)12-17(19(18)26)15-3-5-16(6-4-15)21(22,23)24/h3-6,12-14H,2,7-11H2,1H3. The third-order valence-electron chi connectivity index (χ3n) is 4.91. The summed E-state index contributed by atoms with van der Waals surface area (Å²) in [5, 5.41) is 0. The Labute approximate surface area is 166 Å². The Balaban J connectivity index is 2.02. The Hall–Kier alpha value is -2.61. The number of carbonyl (C=O) groups excluding carboxylic acids is 1. The molecule has 156 valence electrons. The number of rotatable bonds is 5. The smallest absolute Gasteiger partial charge is 0.416 e. The highest BCUT2D eigenvalue weighted by Crippen LogP contribution is 2.30. The minimum absolute atomic E-state index is 0.114. The molecular formula is C21H22F3NO4. The Kier molecular flexibility index (Phi) is 6.42. The van der Waals surface area contributed by atoms with Gasteiger partial charge in [-0.1, -0.05) is 12.1 Å². The molecule has 1 fully saturated rings. The number of ether oxygens (including phenoxy) is 2. The van der Waals surface area contributed by atoms with Crippen LogP contribution in [0.25, 0.3) is 11.1 Å². The number of pyridine rings is 1. The summed E-state index contributed by atoms with van der Waals surface area (Å²) in [6.45, 7) is 3.63. The highest BCUT2D eigenvalue weighted by molar-refractivity contribution is 5.90. The number of halogens is 3. The molecule has 8 heteroatoms. The van der Waals surface area contributed by atoms with Crippen LogP contribution < -0.4 is 5.43 Å². The van der Waals surface area contributed by atoms with Crippen molar-refractivity contribution in [2.75, 3.05) is 19.8 Å². The van der Waals surface area contributed by atoms with Gasteiger partial charge in [0.15, 0.2) is 0 Å². The van der Waals surface area contributed by atoms with Gasteiger partial charge in [0.05, 0.1) is 12.2 Å². The summed E-state index contributed by atoms with van der Waals surface area (Å²) in [6.07, 6.45) is 0.300. The van der Waals surface area contributed by atoms with E-state index >= 15 is 0 Å². The summed E-state index contributed by atoms with van der Waals surface area (Å²) in [7, 11) is 0. The molecule has 1 saturated heterocycles. The topological polar surface area (TPSA) is 57.5 Å². The van der Waals surface area contributed by atoms with Crippen LogP contribution in [0.1, 0.15) is 35.7 Å². The molecule has 1 aliphatic heterocycles. The van der Waals surface area contributed by atoms with Gasteiger partial charge < -0.3 is 14.0 Å². The second-order valence-electron chi connectivity index (χ2n) is 6.96. The Bertz CT molecular complexity index is 913. The molecule has 0 radical (unpaired) electrons. The van der Waals surface area contributed by atoms with Gasteiger partial charge in [0, 0.05) is 37.7 Å². The first-order valence-corrected chi connectivity index (χ1v) is 9.46. The van der Waals surface area contributed by atoms with E-state index < -0.39 is 23.1 Å². The largest absolute Gasteiger partial charge is 0.462 e. The first-order valence-electron chi connectivity index (χ1n) is 9.46. The van der Waals surface area contributed by atoms with Gasteiger partial charge in [-0.25, -0.2) is 4.79 Å². The van der Waals surface area contributed by atoms with Crippen LogP contribution >= 0.6 is 0 Å². The van der Waals surface area contributed by atoms with Gasteiger partial charge in [-0.3, -0.25) is 4.79 Å². The molecule has 2 aromatic rings. The second kappa shape index (κ2) is 8.82. The molecule has 1 aromatic heterocycles. The number of esters is 1. The molecule has 0 atom stereocenters. The number of hydrogen-bond donors (Lipinski definition) is 0. The van der Waals surface area contributed by atoms with E-state index in [1.54, 1.807) is 17.7 Å². The summed E-state index contributed by atoms with van der Waals surface area (Å²) >= 11 is 0. The van der Waals surface area contributed by atoms with Gasteiger partial charge in [0.25, 0.3) is 0 Å². The van der Waals surface area contributed by atoms with Crippen molar-refractivity contribution in [1.82, 2.24) is 4.57 Å². The Morgan fingerprint density at radius 3 is 2.41 bits per heavy atom. The van der Waals surface area contributed by atoms with E-state index in [0.717, 1.165) is 25.0 Å². The first-order chi connectivity index (χ1) is 13.8. The van der Waals surface area contributed by atoms with Crippen LogP contribution in [-0.4, -0.2) is 30.4 Å². The van der Waals surface area contributed by atoms with E-state index in [4.69, 9.17) is 9.47 Å². The lowest BCUT2D eigenvalue weighted by molar-refractivity contribution is -0.137. The number of nitrogens with zero attached hydrogens (tertiary/aromatic N) is 1. The van der Waals surface area contributed by atoms with Crippen LogP contribution in [0.3, 0.4) is 0 Å². The molecule has 3 rings (SSSR count). The van der Waals surface area contributed by atoms with E-state index in [0.29, 0.717) is 31.2 Å². The van der Waals surface area contributed by atoms with Crippen LogP contribution in [0.5, 0.6) is 0 Å². The molecule has 0 unspecified atom stereocenters. The van der Waals surface area contributed by atoms with Crippen molar-refractivity contribution >= 4 is 5.97 Å². The van der Waals surface area contributed by atoms with Gasteiger partial charge >= 0.3 is 12.1 Å². The van der Waals surface area contributed by atoms with Crippen molar-refractivity contribution in [3.8, 4) is 11.1 Å². The van der Waals surface area contributed by atoms with Crippen molar-refractivity contribution in [2.45, 2.75) is 32.5 Å². The molecule has 29 heavy (non-hydrogen) atoms. The van der Waals surface area contributed by atoms with E-state index in [1.807, 2.05) is 0 Å². The number of hydrogen-bond acceptors (Lipinski definition) is 4. The predicted octanol–water partition coefficient (Wildman–Crippen LogP) is 4.14. The highest BCUT2D eigenvalue weighted by Gasteiger charge is 2.30. The van der Waals surface area contributed by atoms with E-state index in [1.165, 1.54) is 18.3 Å². The van der Waals surface area contributed by atoms with Gasteiger partial charge in [0.1, 0.15) is 5.56 Å². The molecule has 1 aromatic carbocycles. The van der Waals surface area contributed by atoms with E-state index in [-0.39, 0.29) is 17.7 Å². The lowest BCUT2D eigenvalue weighted by atomic mass is 9.99. The number of benzene rings is 1. The average molecular weight is 409 g/mol. The minimum atomic E-state index is -4.46. The van der Waals surface area contributed by atoms with E-state index in [2.05, 4.69) is 0 Å². The van der Waals surface area contributed by atoms with Gasteiger partial charge in [0.2, 0.25) is 5.43 Å². The Morgan fingerprint density at radius 1 is 1.17 bits per heavy atom. The van der Waals surface area contributed by atoms with Crippen molar-refractivity contribution in [3.63, 3.8) is 0 Å². The first kappa shape index (κ1) is 21.1. The number of aromatic nitrogens is 1. The van der Waals surface area contributed by atoms with Crippen molar-refractivity contribution in [2.24, 2.45) is 5.92 Å². The lowest BCUT2D eigenvalue weighted by Gasteiger charge is -2.23. The molecule has 0 bridgehead atoms. The maximum absolute atomic E-state index is 12.9. The van der Waals surface area contributed by atoms with Crippen LogP contribution in [0.4, 0.5) is 13.2 Å². The summed E-state index contributed by atoms with van der Waals surface area (Å²) in [5.74, 6) is -0.422. The van der Waals surface area contributed by atoms with Gasteiger partial charge in [-0.15, -0.1) is 0 Å². The normalized spacial score (nSPS) is 15.3. The summed E-state index contributed by atoms with van der Waals surface area (Å²) < 4.78 is 50.6. The van der Waals surface area contributed by atoms with E-state index in [9.17, 15) is 22.8 Å². The molecule has 1 aliphatic rings. The maximum atomic E-state index is 12.9. The van der Waals surface area contributed by atoms with Crippen LogP contribution in [0.2, 0.25) is 0 Å². The zero-order chi connectivity index (χ0) is 21.0. The van der Waals surface area contributed by atoms with Gasteiger partial charge in [-0.2, -0.15) is 13.2 Å². The molecule has 0 N–H and O–H groups in total. The number of carbonyl (C=O) groups is 1. The fraction of sp³-hybridized carbons (Fsp3) is 0.429. The van der Waals surface area contributed by atoms with Gasteiger partial charge in [-0.05, 0) is 43.4 Å². The van der Waals surface area contributed by atoms with Crippen molar-refractivity contribution in [1.29, 1.82) is 0 Å². The zero-order valence-corrected chi connectivity index (χ0v) is 16.0. The lowest BCUT2D eigenvalue weighted by Crippen LogP contribution is -2.25. The predicted molar refractivity (Wildman–Crippen MR) is 101 cm³/mol. The molecule has 0 aliphatic carbocycles. The molecule has 0 spiro atoms. The number of alkyl halides is 3. The van der Waals surface area contributed by atoms with Crippen molar-refractivity contribution in [3.05, 3.63) is 58.0 Å². The van der Waals surface area contributed by atoms with Crippen LogP contribution in [0, 0.1) is 5.92 Å². The fourth-order valence-electron chi connectivity index (χ4n) is 3.36. The molecule has 5 nitrogen and oxygen atoms in total. The fourth-order valence-corrected chi connectivity index (χ4v) is 3.36. The third-order valence-corrected chi connectivity index (χ3v) is 4.91. The van der Waals surface area contributed by atoms with Crippen LogP contribution in [0.15, 0.2) is 41.5 Å². The third kappa shape index (κ3) is 5.06. The molecule has 0 saturated carbocycles. The molecule has 2 heterocycles. The summed E-state index contributed by atoms with van der Waals surface area (Å²) in [4.78, 5) is 25.1. The maximum Gasteiger partial charge on any atom is 0.416 e. The molecule has 0 amide bonds. The second-order valence-corrected chi connectivity index (χ2v) is 6.96. The quantitative estimate of drug-likeness (QED) is 0.697. The van der Waals surface area contributed by atoms with Crippen molar-refractivity contribution < 1.29 is 27.4 Å². The summed E-state index contributed by atoms with van der Waals surface area (Å²) in [5.41, 5.74) is -1.01. The SMILES string of the molecule is CCOC(=O)c1cn(CC2CCOCC2)cc(-c2ccc(C(F)(F)F)cc2)c1=O. The monoisotopic (exact) mass is 409 g/mol. The summed E-state index contributed by atoms with van der Waals surface area (Å²) in [6, 6.07) is 4.34. The molecular weight excluding hydrogens is 387 g/mol. The van der Waals surface area contributed by atoms with Crippen LogP contribution in [-0.2, 0) is 22.2 Å². The highest BCUT2D eigenvalue weighted by atomic mass is 19.4. The minimum Gasteiger partial charge on any atom is -0.462 e. The Morgan fingerprint density at radius 2 is 1.83 bits per heavy atom.